The van der Waals surface area contributed by atoms with Crippen molar-refractivity contribution in [2.75, 3.05) is 18.8 Å². The molecule has 1 saturated heterocycles. The molecule has 124 valence electrons. The van der Waals surface area contributed by atoms with Gasteiger partial charge in [0.2, 0.25) is 5.91 Å². The van der Waals surface area contributed by atoms with Crippen LogP contribution in [0.15, 0.2) is 24.3 Å². The van der Waals surface area contributed by atoms with Crippen molar-refractivity contribution in [1.29, 1.82) is 0 Å². The number of benzene rings is 1. The minimum Gasteiger partial charge on any atom is -0.399 e. The van der Waals surface area contributed by atoms with E-state index in [9.17, 15) is 4.79 Å². The zero-order valence-electron chi connectivity index (χ0n) is 13.8. The number of piperidine rings is 1. The highest BCUT2D eigenvalue weighted by Gasteiger charge is 2.22. The van der Waals surface area contributed by atoms with Crippen LogP contribution in [0.1, 0.15) is 45.1 Å². The largest absolute Gasteiger partial charge is 0.399 e. The quantitative estimate of drug-likeness (QED) is 0.835. The Labute approximate surface area is 140 Å². The van der Waals surface area contributed by atoms with Gasteiger partial charge in [0.15, 0.2) is 0 Å². The molecule has 2 rings (SSSR count). The zero-order chi connectivity index (χ0) is 15.2. The number of hydrogen-bond acceptors (Lipinski definition) is 2. The van der Waals surface area contributed by atoms with Crippen LogP contribution >= 0.6 is 12.4 Å². The molecule has 1 fully saturated rings. The molecule has 1 aliphatic rings. The summed E-state index contributed by atoms with van der Waals surface area (Å²) in [6.45, 7) is 6.42. The number of carbonyl (C=O) groups is 1. The second-order valence-electron chi connectivity index (χ2n) is 6.71. The number of likely N-dealkylation sites (tertiary alicyclic amines) is 1. The third kappa shape index (κ3) is 5.88. The minimum atomic E-state index is 0. The molecule has 0 aromatic heterocycles. The maximum Gasteiger partial charge on any atom is 0.226 e. The maximum absolute atomic E-state index is 12.3. The number of anilines is 1. The third-order valence-electron chi connectivity index (χ3n) is 4.45. The summed E-state index contributed by atoms with van der Waals surface area (Å²) in [5, 5.41) is 0. The molecule has 1 aromatic rings. The van der Waals surface area contributed by atoms with E-state index in [1.807, 2.05) is 29.2 Å². The first kappa shape index (κ1) is 18.8. The molecule has 4 heteroatoms. The van der Waals surface area contributed by atoms with Crippen LogP contribution in [0, 0.1) is 11.8 Å². The van der Waals surface area contributed by atoms with Crippen LogP contribution in [0.5, 0.6) is 0 Å². The average Bonchev–Trinajstić information content (AvgIpc) is 2.48. The van der Waals surface area contributed by atoms with Crippen LogP contribution in [0.2, 0.25) is 0 Å². The van der Waals surface area contributed by atoms with Crippen molar-refractivity contribution in [3.8, 4) is 0 Å². The third-order valence-corrected chi connectivity index (χ3v) is 4.45. The Morgan fingerprint density at radius 1 is 1.23 bits per heavy atom. The van der Waals surface area contributed by atoms with Crippen molar-refractivity contribution < 1.29 is 4.79 Å². The predicted molar refractivity (Wildman–Crippen MR) is 95.2 cm³/mol. The molecule has 0 aliphatic carbocycles. The van der Waals surface area contributed by atoms with Crippen molar-refractivity contribution in [3.05, 3.63) is 29.8 Å². The van der Waals surface area contributed by atoms with Crippen molar-refractivity contribution in [2.24, 2.45) is 11.8 Å². The number of carbonyl (C=O) groups excluding carboxylic acids is 1. The van der Waals surface area contributed by atoms with Crippen LogP contribution in [-0.2, 0) is 11.2 Å². The van der Waals surface area contributed by atoms with Gasteiger partial charge in [0.25, 0.3) is 0 Å². The molecule has 3 nitrogen and oxygen atoms in total. The summed E-state index contributed by atoms with van der Waals surface area (Å²) < 4.78 is 0. The maximum atomic E-state index is 12.3. The molecule has 0 unspecified atom stereocenters. The smallest absolute Gasteiger partial charge is 0.226 e. The van der Waals surface area contributed by atoms with E-state index >= 15 is 0 Å². The van der Waals surface area contributed by atoms with E-state index in [0.717, 1.165) is 36.2 Å². The summed E-state index contributed by atoms with van der Waals surface area (Å²) in [6, 6.07) is 7.62. The van der Waals surface area contributed by atoms with Gasteiger partial charge in [-0.15, -0.1) is 12.4 Å². The summed E-state index contributed by atoms with van der Waals surface area (Å²) in [7, 11) is 0. The predicted octanol–water partition coefficient (Wildman–Crippen LogP) is 3.91. The number of halogens is 1. The van der Waals surface area contributed by atoms with E-state index in [1.165, 1.54) is 25.7 Å². The highest BCUT2D eigenvalue weighted by atomic mass is 35.5. The van der Waals surface area contributed by atoms with Crippen LogP contribution in [-0.4, -0.2) is 23.9 Å². The van der Waals surface area contributed by atoms with Gasteiger partial charge in [0.1, 0.15) is 0 Å². The van der Waals surface area contributed by atoms with Gasteiger partial charge in [0, 0.05) is 18.8 Å². The van der Waals surface area contributed by atoms with E-state index in [0.29, 0.717) is 6.42 Å². The lowest BCUT2D eigenvalue weighted by molar-refractivity contribution is -0.131. The van der Waals surface area contributed by atoms with E-state index in [1.54, 1.807) is 0 Å². The topological polar surface area (TPSA) is 46.3 Å². The van der Waals surface area contributed by atoms with Crippen LogP contribution in [0.3, 0.4) is 0 Å². The lowest BCUT2D eigenvalue weighted by Gasteiger charge is -2.32. The molecule has 0 atom stereocenters. The van der Waals surface area contributed by atoms with E-state index in [-0.39, 0.29) is 18.3 Å². The van der Waals surface area contributed by atoms with Crippen LogP contribution in [0.25, 0.3) is 0 Å². The monoisotopic (exact) mass is 324 g/mol. The summed E-state index contributed by atoms with van der Waals surface area (Å²) in [4.78, 5) is 14.3. The highest BCUT2D eigenvalue weighted by molar-refractivity contribution is 5.85. The van der Waals surface area contributed by atoms with Gasteiger partial charge in [-0.25, -0.2) is 0 Å². The molecular formula is C18H29ClN2O. The molecule has 0 saturated carbocycles. The lowest BCUT2D eigenvalue weighted by Crippen LogP contribution is -2.39. The Bertz CT molecular complexity index is 451. The zero-order valence-corrected chi connectivity index (χ0v) is 14.6. The summed E-state index contributed by atoms with van der Waals surface area (Å²) in [6.07, 6.45) is 5.46. The highest BCUT2D eigenvalue weighted by Crippen LogP contribution is 2.24. The molecule has 0 bridgehead atoms. The van der Waals surface area contributed by atoms with Gasteiger partial charge in [-0.2, -0.15) is 0 Å². The second-order valence-corrected chi connectivity index (χ2v) is 6.71. The number of nitrogens with two attached hydrogens (primary N) is 1. The fraction of sp³-hybridized carbons (Fsp3) is 0.611. The molecule has 1 heterocycles. The lowest BCUT2D eigenvalue weighted by atomic mass is 9.89. The van der Waals surface area contributed by atoms with Crippen LogP contribution < -0.4 is 5.73 Å². The van der Waals surface area contributed by atoms with Crippen molar-refractivity contribution in [2.45, 2.75) is 46.0 Å². The summed E-state index contributed by atoms with van der Waals surface area (Å²) in [5.41, 5.74) is 7.47. The van der Waals surface area contributed by atoms with Crippen molar-refractivity contribution >= 4 is 24.0 Å². The van der Waals surface area contributed by atoms with E-state index in [4.69, 9.17) is 5.73 Å². The fourth-order valence-corrected chi connectivity index (χ4v) is 2.96. The van der Waals surface area contributed by atoms with Crippen molar-refractivity contribution in [1.82, 2.24) is 4.90 Å². The van der Waals surface area contributed by atoms with E-state index < -0.39 is 0 Å². The van der Waals surface area contributed by atoms with Crippen molar-refractivity contribution in [3.63, 3.8) is 0 Å². The number of amides is 1. The molecule has 22 heavy (non-hydrogen) atoms. The number of rotatable bonds is 5. The van der Waals surface area contributed by atoms with E-state index in [2.05, 4.69) is 13.8 Å². The van der Waals surface area contributed by atoms with Gasteiger partial charge in [0.05, 0.1) is 6.42 Å². The van der Waals surface area contributed by atoms with Gasteiger partial charge < -0.3 is 10.6 Å². The van der Waals surface area contributed by atoms with Gasteiger partial charge in [-0.3, -0.25) is 4.79 Å². The molecule has 2 N–H and O–H groups in total. The SMILES string of the molecule is CC(C)CCC1CCN(C(=O)Cc2ccc(N)cc2)CC1.Cl. The molecule has 1 aliphatic heterocycles. The van der Waals surface area contributed by atoms with Crippen LogP contribution in [0.4, 0.5) is 5.69 Å². The number of nitrogen functional groups attached to an aromatic ring is 1. The van der Waals surface area contributed by atoms with Gasteiger partial charge >= 0.3 is 0 Å². The normalized spacial score (nSPS) is 15.7. The fourth-order valence-electron chi connectivity index (χ4n) is 2.96. The average molecular weight is 325 g/mol. The summed E-state index contributed by atoms with van der Waals surface area (Å²) >= 11 is 0. The number of nitrogens with zero attached hydrogens (tertiary/aromatic N) is 1. The Morgan fingerprint density at radius 2 is 1.82 bits per heavy atom. The molecule has 0 radical (unpaired) electrons. The first-order chi connectivity index (χ1) is 10.0. The standard InChI is InChI=1S/C18H28N2O.ClH/c1-14(2)3-4-15-9-11-20(12-10-15)18(21)13-16-5-7-17(19)8-6-16;/h5-8,14-15H,3-4,9-13,19H2,1-2H3;1H. The molecule has 0 spiro atoms. The minimum absolute atomic E-state index is 0. The Kier molecular flexibility index (Phi) is 7.74. The Morgan fingerprint density at radius 3 is 2.36 bits per heavy atom. The molecule has 1 aromatic carbocycles. The van der Waals surface area contributed by atoms with Gasteiger partial charge in [-0.1, -0.05) is 38.8 Å². The first-order valence-electron chi connectivity index (χ1n) is 8.17. The first-order valence-corrected chi connectivity index (χ1v) is 8.17. The van der Waals surface area contributed by atoms with Gasteiger partial charge in [-0.05, 0) is 42.4 Å². The Hall–Kier alpha value is -1.22. The molecule has 1 amide bonds. The Balaban J connectivity index is 0.00000242. The summed E-state index contributed by atoms with van der Waals surface area (Å²) in [5.74, 6) is 1.85. The second kappa shape index (κ2) is 9.04. The molecular weight excluding hydrogens is 296 g/mol. The number of hydrogen-bond donors (Lipinski definition) is 1.